The van der Waals surface area contributed by atoms with Gasteiger partial charge in [0.15, 0.2) is 0 Å². The van der Waals surface area contributed by atoms with Gasteiger partial charge in [0.25, 0.3) is 0 Å². The van der Waals surface area contributed by atoms with E-state index >= 15 is 0 Å². The monoisotopic (exact) mass is 217 g/mol. The Balaban J connectivity index is 3.53. The fraction of sp³-hybridized carbons (Fsp3) is 0.778. The van der Waals surface area contributed by atoms with Crippen molar-refractivity contribution in [3.8, 4) is 0 Å². The number of amides is 1. The van der Waals surface area contributed by atoms with E-state index in [0.717, 1.165) is 6.54 Å². The molecule has 4 N–H and O–H groups in total. The molecule has 6 nitrogen and oxygen atoms in total. The predicted molar refractivity (Wildman–Crippen MR) is 56.4 cm³/mol. The smallest absolute Gasteiger partial charge is 0.320 e. The lowest BCUT2D eigenvalue weighted by Crippen LogP contribution is -2.34. The Morgan fingerprint density at radius 3 is 2.53 bits per heavy atom. The third kappa shape index (κ3) is 7.90. The molecule has 0 aromatic rings. The molecule has 0 aliphatic carbocycles. The standard InChI is InChI=1S/C9H19N3O3/c1-12(2)6-5-11-8(13)4-3-7(10)9(14)15/h7H,3-6,10H2,1-2H3,(H,11,13)(H,14,15)/t7-/m0/s1. The second kappa shape index (κ2) is 7.19. The summed E-state index contributed by atoms with van der Waals surface area (Å²) in [6.07, 6.45) is 0.323. The molecule has 88 valence electrons. The minimum absolute atomic E-state index is 0.154. The number of nitrogens with two attached hydrogens (primary N) is 1. The highest BCUT2D eigenvalue weighted by Gasteiger charge is 2.12. The number of carboxylic acid groups (broad SMARTS) is 1. The van der Waals surface area contributed by atoms with Gasteiger partial charge in [-0.1, -0.05) is 0 Å². The molecule has 0 aliphatic heterocycles. The minimum atomic E-state index is -1.07. The Morgan fingerprint density at radius 1 is 1.47 bits per heavy atom. The lowest BCUT2D eigenvalue weighted by atomic mass is 10.1. The second-order valence-corrected chi connectivity index (χ2v) is 3.64. The molecule has 6 heteroatoms. The van der Waals surface area contributed by atoms with E-state index < -0.39 is 12.0 Å². The summed E-state index contributed by atoms with van der Waals surface area (Å²) in [5, 5.41) is 11.2. The zero-order valence-electron chi connectivity index (χ0n) is 9.19. The van der Waals surface area contributed by atoms with Crippen LogP contribution in [-0.4, -0.2) is 55.1 Å². The average molecular weight is 217 g/mol. The number of carbonyl (C=O) groups is 2. The summed E-state index contributed by atoms with van der Waals surface area (Å²) in [5.74, 6) is -1.23. The molecule has 1 atom stereocenters. The Hall–Kier alpha value is -1.14. The van der Waals surface area contributed by atoms with Crippen LogP contribution in [0.2, 0.25) is 0 Å². The summed E-state index contributed by atoms with van der Waals surface area (Å²) in [6, 6.07) is -0.954. The second-order valence-electron chi connectivity index (χ2n) is 3.64. The third-order valence-electron chi connectivity index (χ3n) is 1.88. The molecule has 1 amide bonds. The Labute approximate surface area is 89.4 Å². The predicted octanol–water partition coefficient (Wildman–Crippen LogP) is -1.14. The van der Waals surface area contributed by atoms with Crippen molar-refractivity contribution in [2.24, 2.45) is 5.73 Å². The van der Waals surface area contributed by atoms with Crippen LogP contribution in [0.1, 0.15) is 12.8 Å². The van der Waals surface area contributed by atoms with Crippen LogP contribution in [0.25, 0.3) is 0 Å². The number of nitrogens with zero attached hydrogens (tertiary/aromatic N) is 1. The van der Waals surface area contributed by atoms with Crippen molar-refractivity contribution in [3.63, 3.8) is 0 Å². The lowest BCUT2D eigenvalue weighted by molar-refractivity contribution is -0.138. The molecule has 0 aromatic carbocycles. The van der Waals surface area contributed by atoms with Crippen molar-refractivity contribution in [3.05, 3.63) is 0 Å². The fourth-order valence-corrected chi connectivity index (χ4v) is 0.917. The van der Waals surface area contributed by atoms with Gasteiger partial charge in [-0.25, -0.2) is 0 Å². The first kappa shape index (κ1) is 13.9. The summed E-state index contributed by atoms with van der Waals surface area (Å²) in [7, 11) is 3.82. The van der Waals surface area contributed by atoms with Crippen molar-refractivity contribution in [1.82, 2.24) is 10.2 Å². The average Bonchev–Trinajstić information content (AvgIpc) is 2.13. The minimum Gasteiger partial charge on any atom is -0.480 e. The number of hydrogen-bond donors (Lipinski definition) is 3. The van der Waals surface area contributed by atoms with E-state index in [2.05, 4.69) is 5.32 Å². The number of hydrogen-bond acceptors (Lipinski definition) is 4. The van der Waals surface area contributed by atoms with Crippen molar-refractivity contribution in [1.29, 1.82) is 0 Å². The first-order valence-electron chi connectivity index (χ1n) is 4.83. The molecular formula is C9H19N3O3. The molecule has 0 spiro atoms. The van der Waals surface area contributed by atoms with Gasteiger partial charge in [0.2, 0.25) is 5.91 Å². The van der Waals surface area contributed by atoms with Crippen LogP contribution < -0.4 is 11.1 Å². The summed E-state index contributed by atoms with van der Waals surface area (Å²) < 4.78 is 0. The zero-order valence-corrected chi connectivity index (χ0v) is 9.19. The topological polar surface area (TPSA) is 95.7 Å². The van der Waals surface area contributed by atoms with E-state index in [1.165, 1.54) is 0 Å². The molecule has 0 heterocycles. The van der Waals surface area contributed by atoms with Gasteiger partial charge in [-0.05, 0) is 20.5 Å². The van der Waals surface area contributed by atoms with Gasteiger partial charge in [-0.2, -0.15) is 0 Å². The van der Waals surface area contributed by atoms with Crippen molar-refractivity contribution in [2.75, 3.05) is 27.2 Å². The van der Waals surface area contributed by atoms with Crippen molar-refractivity contribution < 1.29 is 14.7 Å². The van der Waals surface area contributed by atoms with E-state index in [9.17, 15) is 9.59 Å². The van der Waals surface area contributed by atoms with Crippen LogP contribution in [0, 0.1) is 0 Å². The highest BCUT2D eigenvalue weighted by Crippen LogP contribution is 1.94. The van der Waals surface area contributed by atoms with Crippen LogP contribution in [-0.2, 0) is 9.59 Å². The van der Waals surface area contributed by atoms with E-state index in [-0.39, 0.29) is 18.7 Å². The van der Waals surface area contributed by atoms with E-state index in [1.54, 1.807) is 0 Å². The first-order chi connectivity index (χ1) is 6.93. The van der Waals surface area contributed by atoms with Crippen LogP contribution in [0.15, 0.2) is 0 Å². The molecule has 0 aliphatic rings. The largest absolute Gasteiger partial charge is 0.480 e. The Kier molecular flexibility index (Phi) is 6.64. The fourth-order valence-electron chi connectivity index (χ4n) is 0.917. The number of nitrogens with one attached hydrogen (secondary N) is 1. The van der Waals surface area contributed by atoms with Gasteiger partial charge in [0.05, 0.1) is 0 Å². The molecule has 0 bridgehead atoms. The molecule has 0 unspecified atom stereocenters. The van der Waals surface area contributed by atoms with Crippen LogP contribution in [0.3, 0.4) is 0 Å². The molecule has 0 radical (unpaired) electrons. The number of likely N-dealkylation sites (N-methyl/N-ethyl adjacent to an activating group) is 1. The van der Waals surface area contributed by atoms with Gasteiger partial charge in [0.1, 0.15) is 6.04 Å². The molecule has 0 saturated heterocycles. The molecule has 0 rings (SSSR count). The van der Waals surface area contributed by atoms with Crippen LogP contribution in [0.5, 0.6) is 0 Å². The van der Waals surface area contributed by atoms with Gasteiger partial charge < -0.3 is 21.1 Å². The summed E-state index contributed by atoms with van der Waals surface area (Å²) in [6.45, 7) is 1.32. The molecule has 0 fully saturated rings. The zero-order chi connectivity index (χ0) is 11.8. The molecule has 0 aromatic heterocycles. The van der Waals surface area contributed by atoms with Gasteiger partial charge in [-0.3, -0.25) is 9.59 Å². The number of rotatable bonds is 7. The van der Waals surface area contributed by atoms with Gasteiger partial charge in [-0.15, -0.1) is 0 Å². The first-order valence-corrected chi connectivity index (χ1v) is 4.83. The third-order valence-corrected chi connectivity index (χ3v) is 1.88. The van der Waals surface area contributed by atoms with Crippen LogP contribution >= 0.6 is 0 Å². The quantitative estimate of drug-likeness (QED) is 0.501. The highest BCUT2D eigenvalue weighted by atomic mass is 16.4. The Bertz CT molecular complexity index is 219. The van der Waals surface area contributed by atoms with Crippen LogP contribution in [0.4, 0.5) is 0 Å². The maximum absolute atomic E-state index is 11.2. The van der Waals surface area contributed by atoms with Crippen molar-refractivity contribution >= 4 is 11.9 Å². The van der Waals surface area contributed by atoms with E-state index in [0.29, 0.717) is 6.54 Å². The highest BCUT2D eigenvalue weighted by molar-refractivity contribution is 5.78. The SMILES string of the molecule is CN(C)CCNC(=O)CC[C@H](N)C(=O)O. The molecular weight excluding hydrogens is 198 g/mol. The number of aliphatic carboxylic acids is 1. The maximum Gasteiger partial charge on any atom is 0.320 e. The number of carboxylic acids is 1. The van der Waals surface area contributed by atoms with Gasteiger partial charge in [0, 0.05) is 19.5 Å². The van der Waals surface area contributed by atoms with E-state index in [1.807, 2.05) is 19.0 Å². The number of carbonyl (C=O) groups excluding carboxylic acids is 1. The summed E-state index contributed by atoms with van der Waals surface area (Å²) >= 11 is 0. The lowest BCUT2D eigenvalue weighted by Gasteiger charge is -2.10. The van der Waals surface area contributed by atoms with Crippen molar-refractivity contribution in [2.45, 2.75) is 18.9 Å². The normalized spacial score (nSPS) is 12.5. The molecule has 15 heavy (non-hydrogen) atoms. The molecule has 0 saturated carbocycles. The van der Waals surface area contributed by atoms with Gasteiger partial charge >= 0.3 is 5.97 Å². The summed E-state index contributed by atoms with van der Waals surface area (Å²) in [5.41, 5.74) is 5.25. The summed E-state index contributed by atoms with van der Waals surface area (Å²) in [4.78, 5) is 23.5. The van der Waals surface area contributed by atoms with E-state index in [4.69, 9.17) is 10.8 Å². The maximum atomic E-state index is 11.2. The Morgan fingerprint density at radius 2 is 2.07 bits per heavy atom.